The van der Waals surface area contributed by atoms with E-state index in [1.165, 1.54) is 32.1 Å². The Hall–Kier alpha value is -0.160. The molecule has 0 aromatic carbocycles. The summed E-state index contributed by atoms with van der Waals surface area (Å²) in [4.78, 5) is 0. The van der Waals surface area contributed by atoms with Gasteiger partial charge in [-0.15, -0.1) is 0 Å². The molecule has 1 aliphatic heterocycles. The van der Waals surface area contributed by atoms with Gasteiger partial charge in [-0.3, -0.25) is 0 Å². The molecule has 1 heterocycles. The molecule has 0 radical (unpaired) electrons. The Balaban J connectivity index is 2.06. The van der Waals surface area contributed by atoms with E-state index < -0.39 is 0 Å². The SMILES string of the molecule is COCC(CN)(NN1C(C)CCCC1C)C1CC1. The summed E-state index contributed by atoms with van der Waals surface area (Å²) in [6, 6.07) is 1.19. The highest BCUT2D eigenvalue weighted by Crippen LogP contribution is 2.40. The van der Waals surface area contributed by atoms with E-state index in [9.17, 15) is 0 Å². The number of rotatable bonds is 6. The fraction of sp³-hybridized carbons (Fsp3) is 1.00. The Bertz CT molecular complexity index is 260. The Morgan fingerprint density at radius 3 is 2.28 bits per heavy atom. The van der Waals surface area contributed by atoms with Gasteiger partial charge in [0.05, 0.1) is 12.1 Å². The number of hydrogen-bond acceptors (Lipinski definition) is 4. The largest absolute Gasteiger partial charge is 0.383 e. The lowest BCUT2D eigenvalue weighted by Crippen LogP contribution is -2.66. The second-order valence-corrected chi connectivity index (χ2v) is 6.22. The summed E-state index contributed by atoms with van der Waals surface area (Å²) in [6.45, 7) is 5.98. The highest BCUT2D eigenvalue weighted by atomic mass is 16.5. The number of ether oxygens (including phenoxy) is 1. The molecule has 0 aromatic heterocycles. The molecule has 2 rings (SSSR count). The van der Waals surface area contributed by atoms with Crippen LogP contribution in [0, 0.1) is 5.92 Å². The van der Waals surface area contributed by atoms with Gasteiger partial charge in [-0.1, -0.05) is 6.42 Å². The molecule has 18 heavy (non-hydrogen) atoms. The minimum absolute atomic E-state index is 0.0470. The molecule has 3 atom stereocenters. The number of hydrazine groups is 1. The van der Waals surface area contributed by atoms with Gasteiger partial charge in [-0.25, -0.2) is 10.4 Å². The van der Waals surface area contributed by atoms with Gasteiger partial charge >= 0.3 is 0 Å². The highest BCUT2D eigenvalue weighted by molar-refractivity contribution is 5.02. The molecule has 3 N–H and O–H groups in total. The fourth-order valence-electron chi connectivity index (χ4n) is 3.30. The zero-order valence-electron chi connectivity index (χ0n) is 12.1. The summed E-state index contributed by atoms with van der Waals surface area (Å²) in [5.41, 5.74) is 9.79. The molecule has 0 aromatic rings. The topological polar surface area (TPSA) is 50.5 Å². The van der Waals surface area contributed by atoms with Gasteiger partial charge < -0.3 is 10.5 Å². The first-order chi connectivity index (χ1) is 8.63. The van der Waals surface area contributed by atoms with E-state index in [1.807, 2.05) is 0 Å². The van der Waals surface area contributed by atoms with Crippen molar-refractivity contribution < 1.29 is 4.74 Å². The van der Waals surface area contributed by atoms with Gasteiger partial charge in [-0.2, -0.15) is 0 Å². The van der Waals surface area contributed by atoms with E-state index in [0.29, 0.717) is 31.2 Å². The molecule has 0 amide bonds. The molecule has 1 saturated carbocycles. The summed E-state index contributed by atoms with van der Waals surface area (Å²) in [6.07, 6.45) is 6.45. The average molecular weight is 255 g/mol. The van der Waals surface area contributed by atoms with Gasteiger partial charge in [0, 0.05) is 25.7 Å². The Morgan fingerprint density at radius 1 is 1.22 bits per heavy atom. The number of nitrogens with zero attached hydrogens (tertiary/aromatic N) is 1. The average Bonchev–Trinajstić information content (AvgIpc) is 3.17. The van der Waals surface area contributed by atoms with Crippen LogP contribution in [0.4, 0.5) is 0 Å². The van der Waals surface area contributed by atoms with E-state index in [2.05, 4.69) is 24.3 Å². The number of nitrogens with two attached hydrogens (primary N) is 1. The lowest BCUT2D eigenvalue weighted by molar-refractivity contribution is -0.0310. The van der Waals surface area contributed by atoms with E-state index >= 15 is 0 Å². The summed E-state index contributed by atoms with van der Waals surface area (Å²) in [7, 11) is 1.78. The number of hydrogen-bond donors (Lipinski definition) is 2. The Labute approximate surface area is 111 Å². The smallest absolute Gasteiger partial charge is 0.0708 e. The summed E-state index contributed by atoms with van der Waals surface area (Å²) >= 11 is 0. The first-order valence-corrected chi connectivity index (χ1v) is 7.38. The maximum Gasteiger partial charge on any atom is 0.0708 e. The van der Waals surface area contributed by atoms with Gasteiger partial charge in [0.1, 0.15) is 0 Å². The third kappa shape index (κ3) is 2.87. The summed E-state index contributed by atoms with van der Waals surface area (Å²) in [5.74, 6) is 0.684. The predicted octanol–water partition coefficient (Wildman–Crippen LogP) is 1.51. The number of methoxy groups -OCH3 is 1. The molecule has 0 spiro atoms. The molecule has 2 fully saturated rings. The second kappa shape index (κ2) is 5.87. The maximum atomic E-state index is 6.07. The van der Waals surface area contributed by atoms with Crippen LogP contribution in [0.15, 0.2) is 0 Å². The zero-order chi connectivity index (χ0) is 13.2. The van der Waals surface area contributed by atoms with Gasteiger partial charge in [0.2, 0.25) is 0 Å². The van der Waals surface area contributed by atoms with Gasteiger partial charge in [0.25, 0.3) is 0 Å². The summed E-state index contributed by atoms with van der Waals surface area (Å²) < 4.78 is 5.44. The first-order valence-electron chi connectivity index (χ1n) is 7.38. The Kier molecular flexibility index (Phi) is 4.64. The van der Waals surface area contributed by atoms with Gasteiger partial charge in [0.15, 0.2) is 0 Å². The molecule has 0 bridgehead atoms. The number of nitrogens with one attached hydrogen (secondary N) is 1. The van der Waals surface area contributed by atoms with E-state index in [-0.39, 0.29) is 5.54 Å². The minimum Gasteiger partial charge on any atom is -0.383 e. The highest BCUT2D eigenvalue weighted by Gasteiger charge is 2.46. The van der Waals surface area contributed by atoms with Gasteiger partial charge in [-0.05, 0) is 45.4 Å². The van der Waals surface area contributed by atoms with Crippen molar-refractivity contribution >= 4 is 0 Å². The molecule has 106 valence electrons. The number of piperidine rings is 1. The molecule has 1 aliphatic carbocycles. The van der Waals surface area contributed by atoms with Crippen molar-refractivity contribution in [3.63, 3.8) is 0 Å². The standard InChI is InChI=1S/C14H29N3O/c1-11-5-4-6-12(2)17(11)16-14(9-15,10-18-3)13-7-8-13/h11-13,16H,4-10,15H2,1-3H3. The molecule has 1 saturated heterocycles. The Morgan fingerprint density at radius 2 is 1.83 bits per heavy atom. The van der Waals surface area contributed by atoms with E-state index in [1.54, 1.807) is 7.11 Å². The maximum absolute atomic E-state index is 6.07. The normalized spacial score (nSPS) is 33.3. The summed E-state index contributed by atoms with van der Waals surface area (Å²) in [5, 5.41) is 2.44. The third-order valence-corrected chi connectivity index (χ3v) is 4.67. The quantitative estimate of drug-likeness (QED) is 0.755. The van der Waals surface area contributed by atoms with Crippen LogP contribution in [0.3, 0.4) is 0 Å². The van der Waals surface area contributed by atoms with Crippen LogP contribution in [-0.2, 0) is 4.74 Å². The van der Waals surface area contributed by atoms with Crippen molar-refractivity contribution in [1.29, 1.82) is 0 Å². The van der Waals surface area contributed by atoms with Crippen molar-refractivity contribution in [1.82, 2.24) is 10.4 Å². The van der Waals surface area contributed by atoms with Crippen LogP contribution in [0.25, 0.3) is 0 Å². The van der Waals surface area contributed by atoms with E-state index in [0.717, 1.165) is 0 Å². The minimum atomic E-state index is -0.0470. The van der Waals surface area contributed by atoms with Crippen molar-refractivity contribution in [2.45, 2.75) is 63.6 Å². The lowest BCUT2D eigenvalue weighted by Gasteiger charge is -2.46. The second-order valence-electron chi connectivity index (χ2n) is 6.22. The monoisotopic (exact) mass is 255 g/mol. The van der Waals surface area contributed by atoms with Crippen LogP contribution < -0.4 is 11.2 Å². The zero-order valence-corrected chi connectivity index (χ0v) is 12.1. The first kappa shape index (κ1) is 14.3. The molecule has 2 aliphatic rings. The lowest BCUT2D eigenvalue weighted by atomic mass is 9.93. The van der Waals surface area contributed by atoms with Crippen LogP contribution in [0.2, 0.25) is 0 Å². The van der Waals surface area contributed by atoms with Crippen molar-refractivity contribution in [2.24, 2.45) is 11.7 Å². The van der Waals surface area contributed by atoms with Crippen LogP contribution in [-0.4, -0.2) is 42.9 Å². The molecule has 4 heteroatoms. The van der Waals surface area contributed by atoms with Crippen LogP contribution >= 0.6 is 0 Å². The van der Waals surface area contributed by atoms with Crippen LogP contribution in [0.5, 0.6) is 0 Å². The van der Waals surface area contributed by atoms with Crippen molar-refractivity contribution in [2.75, 3.05) is 20.3 Å². The fourth-order valence-corrected chi connectivity index (χ4v) is 3.30. The molecule has 4 nitrogen and oxygen atoms in total. The van der Waals surface area contributed by atoms with E-state index in [4.69, 9.17) is 10.5 Å². The molecule has 3 unspecified atom stereocenters. The predicted molar refractivity (Wildman–Crippen MR) is 74.1 cm³/mol. The third-order valence-electron chi connectivity index (χ3n) is 4.67. The molecular formula is C14H29N3O. The molecular weight excluding hydrogens is 226 g/mol. The van der Waals surface area contributed by atoms with Crippen molar-refractivity contribution in [3.8, 4) is 0 Å². The van der Waals surface area contributed by atoms with Crippen LogP contribution in [0.1, 0.15) is 46.0 Å². The van der Waals surface area contributed by atoms with Crippen molar-refractivity contribution in [3.05, 3.63) is 0 Å².